The highest BCUT2D eigenvalue weighted by atomic mass is 16.7. The summed E-state index contributed by atoms with van der Waals surface area (Å²) >= 11 is 0. The van der Waals surface area contributed by atoms with E-state index in [4.69, 9.17) is 4.84 Å². The van der Waals surface area contributed by atoms with Gasteiger partial charge in [-0.3, -0.25) is 4.79 Å². The van der Waals surface area contributed by atoms with E-state index in [0.29, 0.717) is 6.42 Å². The Morgan fingerprint density at radius 2 is 1.56 bits per heavy atom. The molecule has 0 unspecified atom stereocenters. The first-order valence-corrected chi connectivity index (χ1v) is 7.78. The number of piperidine rings is 1. The summed E-state index contributed by atoms with van der Waals surface area (Å²) in [6.07, 6.45) is 12.9. The van der Waals surface area contributed by atoms with Crippen molar-refractivity contribution < 1.29 is 9.63 Å². The lowest BCUT2D eigenvalue weighted by Crippen LogP contribution is -2.32. The molecule has 3 nitrogen and oxygen atoms in total. The average Bonchev–Trinajstić information content (AvgIpc) is 2.39. The number of nitrogens with zero attached hydrogens (tertiary/aromatic N) is 1. The SMILES string of the molecule is CCCCCCCCCC(=O)ON1CCCCC1. The van der Waals surface area contributed by atoms with E-state index in [0.717, 1.165) is 32.4 Å². The fraction of sp³-hybridized carbons (Fsp3) is 0.933. The smallest absolute Gasteiger partial charge is 0.325 e. The standard InChI is InChI=1S/C15H29NO2/c1-2-3-4-5-6-7-9-12-15(17)18-16-13-10-8-11-14-16/h2-14H2,1H3. The van der Waals surface area contributed by atoms with Crippen molar-refractivity contribution in [1.29, 1.82) is 0 Å². The summed E-state index contributed by atoms with van der Waals surface area (Å²) in [5.41, 5.74) is 0. The quantitative estimate of drug-likeness (QED) is 0.582. The summed E-state index contributed by atoms with van der Waals surface area (Å²) < 4.78 is 0. The summed E-state index contributed by atoms with van der Waals surface area (Å²) in [6.45, 7) is 4.07. The van der Waals surface area contributed by atoms with E-state index in [2.05, 4.69) is 6.92 Å². The predicted molar refractivity (Wildman–Crippen MR) is 74.1 cm³/mol. The van der Waals surface area contributed by atoms with Crippen molar-refractivity contribution in [2.45, 2.75) is 77.6 Å². The molecular weight excluding hydrogens is 226 g/mol. The zero-order valence-electron chi connectivity index (χ0n) is 12.0. The van der Waals surface area contributed by atoms with Crippen molar-refractivity contribution in [1.82, 2.24) is 5.06 Å². The van der Waals surface area contributed by atoms with Gasteiger partial charge in [0.15, 0.2) is 0 Å². The summed E-state index contributed by atoms with van der Waals surface area (Å²) in [5, 5.41) is 1.84. The van der Waals surface area contributed by atoms with Gasteiger partial charge in [0.25, 0.3) is 0 Å². The predicted octanol–water partition coefficient (Wildman–Crippen LogP) is 4.07. The molecule has 1 fully saturated rings. The van der Waals surface area contributed by atoms with Gasteiger partial charge in [-0.2, -0.15) is 0 Å². The largest absolute Gasteiger partial charge is 0.368 e. The van der Waals surface area contributed by atoms with Gasteiger partial charge < -0.3 is 4.84 Å². The average molecular weight is 255 g/mol. The molecule has 18 heavy (non-hydrogen) atoms. The van der Waals surface area contributed by atoms with Crippen LogP contribution in [0.1, 0.15) is 77.6 Å². The molecule has 1 heterocycles. The van der Waals surface area contributed by atoms with E-state index in [1.165, 1.54) is 44.9 Å². The van der Waals surface area contributed by atoms with Gasteiger partial charge in [-0.25, -0.2) is 0 Å². The third kappa shape index (κ3) is 7.70. The molecule has 0 radical (unpaired) electrons. The highest BCUT2D eigenvalue weighted by molar-refractivity contribution is 5.68. The van der Waals surface area contributed by atoms with Crippen LogP contribution in [0.2, 0.25) is 0 Å². The van der Waals surface area contributed by atoms with Crippen LogP contribution in [0, 0.1) is 0 Å². The van der Waals surface area contributed by atoms with E-state index >= 15 is 0 Å². The molecule has 1 rings (SSSR count). The molecule has 3 heteroatoms. The number of hydroxylamine groups is 2. The van der Waals surface area contributed by atoms with E-state index in [1.807, 2.05) is 5.06 Å². The molecule has 0 aromatic rings. The van der Waals surface area contributed by atoms with E-state index in [1.54, 1.807) is 0 Å². The molecule has 1 saturated heterocycles. The molecule has 0 atom stereocenters. The monoisotopic (exact) mass is 255 g/mol. The topological polar surface area (TPSA) is 29.5 Å². The molecule has 0 aromatic carbocycles. The van der Waals surface area contributed by atoms with Crippen LogP contribution in [-0.4, -0.2) is 24.1 Å². The number of hydrogen-bond acceptors (Lipinski definition) is 3. The van der Waals surface area contributed by atoms with Crippen LogP contribution in [0.25, 0.3) is 0 Å². The van der Waals surface area contributed by atoms with Crippen LogP contribution in [0.5, 0.6) is 0 Å². The Balaban J connectivity index is 1.90. The summed E-state index contributed by atoms with van der Waals surface area (Å²) in [7, 11) is 0. The Morgan fingerprint density at radius 3 is 2.22 bits per heavy atom. The van der Waals surface area contributed by atoms with Gasteiger partial charge in [0.1, 0.15) is 0 Å². The van der Waals surface area contributed by atoms with Gasteiger partial charge >= 0.3 is 5.97 Å². The highest BCUT2D eigenvalue weighted by Gasteiger charge is 2.14. The number of carbonyl (C=O) groups excluding carboxylic acids is 1. The molecule has 0 aromatic heterocycles. The lowest BCUT2D eigenvalue weighted by Gasteiger charge is -2.24. The van der Waals surface area contributed by atoms with Gasteiger partial charge in [0, 0.05) is 19.5 Å². The first-order valence-electron chi connectivity index (χ1n) is 7.78. The van der Waals surface area contributed by atoms with E-state index < -0.39 is 0 Å². The van der Waals surface area contributed by atoms with Gasteiger partial charge in [0.05, 0.1) is 0 Å². The maximum atomic E-state index is 11.6. The van der Waals surface area contributed by atoms with Gasteiger partial charge in [0.2, 0.25) is 0 Å². The molecule has 0 saturated carbocycles. The van der Waals surface area contributed by atoms with Crippen molar-refractivity contribution in [2.75, 3.05) is 13.1 Å². The van der Waals surface area contributed by atoms with Crippen molar-refractivity contribution in [3.8, 4) is 0 Å². The van der Waals surface area contributed by atoms with Crippen LogP contribution >= 0.6 is 0 Å². The lowest BCUT2D eigenvalue weighted by atomic mass is 10.1. The number of carbonyl (C=O) groups is 1. The van der Waals surface area contributed by atoms with E-state index in [9.17, 15) is 4.79 Å². The second-order valence-corrected chi connectivity index (χ2v) is 5.32. The minimum atomic E-state index is -0.0366. The zero-order valence-corrected chi connectivity index (χ0v) is 12.0. The maximum absolute atomic E-state index is 11.6. The fourth-order valence-corrected chi connectivity index (χ4v) is 2.37. The Morgan fingerprint density at radius 1 is 0.944 bits per heavy atom. The Hall–Kier alpha value is -0.570. The molecule has 1 aliphatic heterocycles. The lowest BCUT2D eigenvalue weighted by molar-refractivity contribution is -0.194. The molecule has 0 N–H and O–H groups in total. The number of hydrogen-bond donors (Lipinski definition) is 0. The van der Waals surface area contributed by atoms with Crippen molar-refractivity contribution in [3.63, 3.8) is 0 Å². The second-order valence-electron chi connectivity index (χ2n) is 5.32. The summed E-state index contributed by atoms with van der Waals surface area (Å²) in [5.74, 6) is -0.0366. The molecule has 106 valence electrons. The third-order valence-electron chi connectivity index (χ3n) is 3.53. The van der Waals surface area contributed by atoms with Crippen LogP contribution < -0.4 is 0 Å². The third-order valence-corrected chi connectivity index (χ3v) is 3.53. The van der Waals surface area contributed by atoms with Crippen molar-refractivity contribution in [3.05, 3.63) is 0 Å². The molecular formula is C15H29NO2. The molecule has 1 aliphatic rings. The highest BCUT2D eigenvalue weighted by Crippen LogP contribution is 2.12. The molecule has 0 bridgehead atoms. The van der Waals surface area contributed by atoms with Crippen LogP contribution in [-0.2, 0) is 9.63 Å². The van der Waals surface area contributed by atoms with Gasteiger partial charge in [-0.1, -0.05) is 51.9 Å². The number of unbranched alkanes of at least 4 members (excludes halogenated alkanes) is 6. The zero-order chi connectivity index (χ0) is 13.1. The molecule has 0 spiro atoms. The first-order chi connectivity index (χ1) is 8.83. The van der Waals surface area contributed by atoms with Crippen molar-refractivity contribution >= 4 is 5.97 Å². The number of rotatable bonds is 9. The van der Waals surface area contributed by atoms with E-state index in [-0.39, 0.29) is 5.97 Å². The first kappa shape index (κ1) is 15.5. The fourth-order valence-electron chi connectivity index (χ4n) is 2.37. The van der Waals surface area contributed by atoms with Crippen LogP contribution in [0.3, 0.4) is 0 Å². The maximum Gasteiger partial charge on any atom is 0.325 e. The Bertz CT molecular complexity index is 213. The normalized spacial score (nSPS) is 16.7. The van der Waals surface area contributed by atoms with Crippen LogP contribution in [0.4, 0.5) is 0 Å². The van der Waals surface area contributed by atoms with Gasteiger partial charge in [-0.05, 0) is 19.3 Å². The Labute approximate surface area is 112 Å². The van der Waals surface area contributed by atoms with Gasteiger partial charge in [-0.15, -0.1) is 5.06 Å². The Kier molecular flexibility index (Phi) is 8.92. The summed E-state index contributed by atoms with van der Waals surface area (Å²) in [4.78, 5) is 16.9. The minimum absolute atomic E-state index is 0.0366. The molecule has 0 aliphatic carbocycles. The van der Waals surface area contributed by atoms with Crippen molar-refractivity contribution in [2.24, 2.45) is 0 Å². The second kappa shape index (κ2) is 10.4. The summed E-state index contributed by atoms with van der Waals surface area (Å²) in [6, 6.07) is 0. The minimum Gasteiger partial charge on any atom is -0.368 e. The molecule has 0 amide bonds. The van der Waals surface area contributed by atoms with Crippen LogP contribution in [0.15, 0.2) is 0 Å².